The lowest BCUT2D eigenvalue weighted by molar-refractivity contribution is -0.136. The highest BCUT2D eigenvalue weighted by molar-refractivity contribution is 5.77. The molecule has 20 heavy (non-hydrogen) atoms. The Morgan fingerprint density at radius 1 is 1.35 bits per heavy atom. The van der Waals surface area contributed by atoms with Crippen LogP contribution in [0.3, 0.4) is 0 Å². The van der Waals surface area contributed by atoms with Crippen molar-refractivity contribution in [3.8, 4) is 0 Å². The molecule has 110 valence electrons. The molecule has 1 aliphatic rings. The lowest BCUT2D eigenvalue weighted by Crippen LogP contribution is -2.36. The van der Waals surface area contributed by atoms with Crippen molar-refractivity contribution in [2.75, 3.05) is 26.3 Å². The summed E-state index contributed by atoms with van der Waals surface area (Å²) in [6, 6.07) is 6.65. The van der Waals surface area contributed by atoms with E-state index in [-0.39, 0.29) is 18.3 Å². The predicted molar refractivity (Wildman–Crippen MR) is 76.1 cm³/mol. The van der Waals surface area contributed by atoms with E-state index in [1.807, 2.05) is 24.0 Å². The van der Waals surface area contributed by atoms with Crippen LogP contribution in [0, 0.1) is 5.82 Å². The summed E-state index contributed by atoms with van der Waals surface area (Å²) in [4.78, 5) is 14.0. The Morgan fingerprint density at radius 2 is 2.10 bits per heavy atom. The average Bonchev–Trinajstić information content (AvgIpc) is 2.71. The molecule has 3 nitrogen and oxygen atoms in total. The molecule has 1 unspecified atom stereocenters. The standard InChI is InChI=1S/C16H22FNO2/c1-2-20-12-16(19)18-10-4-3-5-14(11-18)13-6-8-15(17)9-7-13/h6-9,14H,2-5,10-12H2,1H3. The van der Waals surface area contributed by atoms with Crippen molar-refractivity contribution in [3.63, 3.8) is 0 Å². The molecule has 0 radical (unpaired) electrons. The molecule has 0 aliphatic carbocycles. The van der Waals surface area contributed by atoms with Crippen LogP contribution in [0.4, 0.5) is 4.39 Å². The van der Waals surface area contributed by atoms with Gasteiger partial charge in [-0.05, 0) is 37.5 Å². The fraction of sp³-hybridized carbons (Fsp3) is 0.562. The van der Waals surface area contributed by atoms with Gasteiger partial charge in [0.2, 0.25) is 5.91 Å². The fourth-order valence-electron chi connectivity index (χ4n) is 2.66. The van der Waals surface area contributed by atoms with E-state index in [4.69, 9.17) is 4.74 Å². The van der Waals surface area contributed by atoms with Gasteiger partial charge in [0.15, 0.2) is 0 Å². The average molecular weight is 279 g/mol. The van der Waals surface area contributed by atoms with Crippen LogP contribution in [0.2, 0.25) is 0 Å². The van der Waals surface area contributed by atoms with Crippen LogP contribution in [-0.2, 0) is 9.53 Å². The normalized spacial score (nSPS) is 19.7. The van der Waals surface area contributed by atoms with Crippen LogP contribution in [0.25, 0.3) is 0 Å². The van der Waals surface area contributed by atoms with Crippen LogP contribution in [0.5, 0.6) is 0 Å². The third-order valence-electron chi connectivity index (χ3n) is 3.80. The fourth-order valence-corrected chi connectivity index (χ4v) is 2.66. The van der Waals surface area contributed by atoms with Crippen LogP contribution < -0.4 is 0 Å². The van der Waals surface area contributed by atoms with E-state index in [9.17, 15) is 9.18 Å². The number of benzene rings is 1. The first-order valence-electron chi connectivity index (χ1n) is 7.31. The topological polar surface area (TPSA) is 29.5 Å². The number of amides is 1. The molecule has 1 fully saturated rings. The maximum absolute atomic E-state index is 13.0. The molecule has 1 aliphatic heterocycles. The molecule has 1 saturated heterocycles. The predicted octanol–water partition coefficient (Wildman–Crippen LogP) is 2.96. The molecule has 0 N–H and O–H groups in total. The highest BCUT2D eigenvalue weighted by atomic mass is 19.1. The number of halogens is 1. The van der Waals surface area contributed by atoms with Crippen LogP contribution in [0.1, 0.15) is 37.7 Å². The van der Waals surface area contributed by atoms with Crippen molar-refractivity contribution in [2.45, 2.75) is 32.1 Å². The number of ether oxygens (including phenoxy) is 1. The summed E-state index contributed by atoms with van der Waals surface area (Å²) in [7, 11) is 0. The van der Waals surface area contributed by atoms with Gasteiger partial charge in [-0.2, -0.15) is 0 Å². The highest BCUT2D eigenvalue weighted by Gasteiger charge is 2.23. The quantitative estimate of drug-likeness (QED) is 0.848. The zero-order valence-electron chi connectivity index (χ0n) is 12.0. The number of carbonyl (C=O) groups excluding carboxylic acids is 1. The Morgan fingerprint density at radius 3 is 2.80 bits per heavy atom. The second kappa shape index (κ2) is 7.39. The molecule has 0 spiro atoms. The minimum atomic E-state index is -0.216. The van der Waals surface area contributed by atoms with Crippen LogP contribution in [0.15, 0.2) is 24.3 Å². The van der Waals surface area contributed by atoms with E-state index in [1.54, 1.807) is 0 Å². The Labute approximate surface area is 119 Å². The zero-order chi connectivity index (χ0) is 14.4. The first-order chi connectivity index (χ1) is 9.70. The molecule has 1 atom stereocenters. The van der Waals surface area contributed by atoms with E-state index in [0.29, 0.717) is 19.1 Å². The van der Waals surface area contributed by atoms with E-state index in [0.717, 1.165) is 31.4 Å². The summed E-state index contributed by atoms with van der Waals surface area (Å²) in [5.74, 6) is 0.135. The number of hydrogen-bond donors (Lipinski definition) is 0. The van der Waals surface area contributed by atoms with Crippen molar-refractivity contribution in [2.24, 2.45) is 0 Å². The van der Waals surface area contributed by atoms with Crippen LogP contribution in [-0.4, -0.2) is 37.1 Å². The minimum Gasteiger partial charge on any atom is -0.372 e. The molecule has 0 aromatic heterocycles. The smallest absolute Gasteiger partial charge is 0.248 e. The number of likely N-dealkylation sites (tertiary alicyclic amines) is 1. The van der Waals surface area contributed by atoms with E-state index in [1.165, 1.54) is 12.1 Å². The van der Waals surface area contributed by atoms with Crippen molar-refractivity contribution >= 4 is 5.91 Å². The number of carbonyl (C=O) groups is 1. The molecule has 4 heteroatoms. The van der Waals surface area contributed by atoms with Crippen molar-refractivity contribution < 1.29 is 13.9 Å². The molecule has 1 amide bonds. The summed E-state index contributed by atoms with van der Waals surface area (Å²) >= 11 is 0. The molecular weight excluding hydrogens is 257 g/mol. The van der Waals surface area contributed by atoms with Gasteiger partial charge < -0.3 is 9.64 Å². The van der Waals surface area contributed by atoms with E-state index in [2.05, 4.69) is 0 Å². The Bertz CT molecular complexity index is 433. The number of hydrogen-bond acceptors (Lipinski definition) is 2. The van der Waals surface area contributed by atoms with Crippen molar-refractivity contribution in [3.05, 3.63) is 35.6 Å². The second-order valence-electron chi connectivity index (χ2n) is 5.22. The summed E-state index contributed by atoms with van der Waals surface area (Å²) in [5, 5.41) is 0. The van der Waals surface area contributed by atoms with Gasteiger partial charge in [-0.3, -0.25) is 4.79 Å². The molecule has 1 heterocycles. The maximum atomic E-state index is 13.0. The summed E-state index contributed by atoms with van der Waals surface area (Å²) in [6.07, 6.45) is 3.17. The van der Waals surface area contributed by atoms with Gasteiger partial charge >= 0.3 is 0 Å². The molecule has 0 bridgehead atoms. The summed E-state index contributed by atoms with van der Waals surface area (Å²) in [6.45, 7) is 4.10. The summed E-state index contributed by atoms with van der Waals surface area (Å²) < 4.78 is 18.2. The minimum absolute atomic E-state index is 0.0564. The monoisotopic (exact) mass is 279 g/mol. The molecule has 1 aromatic carbocycles. The molecule has 2 rings (SSSR count). The highest BCUT2D eigenvalue weighted by Crippen LogP contribution is 2.26. The van der Waals surface area contributed by atoms with Gasteiger partial charge in [-0.15, -0.1) is 0 Å². The Balaban J connectivity index is 2.02. The number of nitrogens with zero attached hydrogens (tertiary/aromatic N) is 1. The van der Waals surface area contributed by atoms with Gasteiger partial charge in [-0.25, -0.2) is 4.39 Å². The lowest BCUT2D eigenvalue weighted by atomic mass is 9.94. The maximum Gasteiger partial charge on any atom is 0.248 e. The third kappa shape index (κ3) is 4.04. The molecule has 0 saturated carbocycles. The van der Waals surface area contributed by atoms with Gasteiger partial charge in [-0.1, -0.05) is 18.6 Å². The zero-order valence-corrected chi connectivity index (χ0v) is 12.0. The molecule has 1 aromatic rings. The number of rotatable bonds is 4. The SMILES string of the molecule is CCOCC(=O)N1CCCCC(c2ccc(F)cc2)C1. The van der Waals surface area contributed by atoms with Crippen LogP contribution >= 0.6 is 0 Å². The van der Waals surface area contributed by atoms with Gasteiger partial charge in [0, 0.05) is 25.6 Å². The van der Waals surface area contributed by atoms with E-state index >= 15 is 0 Å². The van der Waals surface area contributed by atoms with Crippen molar-refractivity contribution in [1.82, 2.24) is 4.90 Å². The lowest BCUT2D eigenvalue weighted by Gasteiger charge is -2.24. The first kappa shape index (κ1) is 15.0. The van der Waals surface area contributed by atoms with Gasteiger partial charge in [0.05, 0.1) is 0 Å². The third-order valence-corrected chi connectivity index (χ3v) is 3.80. The summed E-state index contributed by atoms with van der Waals surface area (Å²) in [5.41, 5.74) is 1.11. The molecular formula is C16H22FNO2. The van der Waals surface area contributed by atoms with Gasteiger partial charge in [0.1, 0.15) is 12.4 Å². The van der Waals surface area contributed by atoms with E-state index < -0.39 is 0 Å². The largest absolute Gasteiger partial charge is 0.372 e. The van der Waals surface area contributed by atoms with Crippen molar-refractivity contribution in [1.29, 1.82) is 0 Å². The second-order valence-corrected chi connectivity index (χ2v) is 5.22. The first-order valence-corrected chi connectivity index (χ1v) is 7.31. The van der Waals surface area contributed by atoms with Gasteiger partial charge in [0.25, 0.3) is 0 Å². The Kier molecular flexibility index (Phi) is 5.53. The Hall–Kier alpha value is -1.42.